The van der Waals surface area contributed by atoms with Crippen molar-refractivity contribution in [3.05, 3.63) is 82.8 Å². The van der Waals surface area contributed by atoms with Crippen LogP contribution in [0.5, 0.6) is 11.5 Å². The number of hydrogen-bond acceptors (Lipinski definition) is 6. The normalized spacial score (nSPS) is 21.1. The molecule has 5 rings (SSSR count). The van der Waals surface area contributed by atoms with Gasteiger partial charge in [0, 0.05) is 4.47 Å². The number of fused-ring (bicyclic) bond motifs is 1. The molecule has 0 radical (unpaired) electrons. The van der Waals surface area contributed by atoms with E-state index in [1.54, 1.807) is 17.2 Å². The third-order valence-electron chi connectivity index (χ3n) is 6.28. The maximum atomic E-state index is 13.8. The molecule has 2 aliphatic heterocycles. The van der Waals surface area contributed by atoms with E-state index < -0.39 is 18.1 Å². The number of anilines is 2. The molecule has 3 aromatic carbocycles. The highest BCUT2D eigenvalue weighted by atomic mass is 79.9. The molecule has 3 aromatic rings. The van der Waals surface area contributed by atoms with Gasteiger partial charge in [-0.2, -0.15) is 0 Å². The molecule has 0 unspecified atom stereocenters. The van der Waals surface area contributed by atoms with Gasteiger partial charge in [0.2, 0.25) is 5.91 Å². The Kier molecular flexibility index (Phi) is 6.98. The van der Waals surface area contributed by atoms with Crippen molar-refractivity contribution in [3.8, 4) is 11.5 Å². The van der Waals surface area contributed by atoms with Crippen LogP contribution in [-0.4, -0.2) is 31.1 Å². The smallest absolute Gasteiger partial charge is 0.266 e. The molecule has 2 saturated heterocycles. The number of amides is 2. The average molecular weight is 551 g/mol. The second kappa shape index (κ2) is 10.3. The number of halogens is 1. The van der Waals surface area contributed by atoms with Gasteiger partial charge in [-0.15, -0.1) is 0 Å². The highest BCUT2D eigenvalue weighted by Crippen LogP contribution is 2.48. The summed E-state index contributed by atoms with van der Waals surface area (Å²) in [5, 5.41) is 1.68. The highest BCUT2D eigenvalue weighted by molar-refractivity contribution is 9.10. The first kappa shape index (κ1) is 24.3. The summed E-state index contributed by atoms with van der Waals surface area (Å²) in [7, 11) is 0. The molecular formula is C28H27BrN2O5. The van der Waals surface area contributed by atoms with E-state index >= 15 is 0 Å². The average Bonchev–Trinajstić information content (AvgIpc) is 3.40. The van der Waals surface area contributed by atoms with Gasteiger partial charge in [0.15, 0.2) is 17.6 Å². The monoisotopic (exact) mass is 550 g/mol. The zero-order chi connectivity index (χ0) is 25.2. The molecule has 7 nitrogen and oxygen atoms in total. The van der Waals surface area contributed by atoms with Crippen LogP contribution in [0.3, 0.4) is 0 Å². The van der Waals surface area contributed by atoms with Crippen LogP contribution in [0.2, 0.25) is 0 Å². The van der Waals surface area contributed by atoms with E-state index in [2.05, 4.69) is 15.9 Å². The second-order valence-corrected chi connectivity index (χ2v) is 9.55. The quantitative estimate of drug-likeness (QED) is 0.336. The van der Waals surface area contributed by atoms with Gasteiger partial charge in [-0.05, 0) is 67.4 Å². The first-order valence-corrected chi connectivity index (χ1v) is 12.9. The summed E-state index contributed by atoms with van der Waals surface area (Å²) in [6.45, 7) is 5.00. The zero-order valence-corrected chi connectivity index (χ0v) is 21.7. The standard InChI is InChI=1S/C28H27BrN2O5/c1-3-16-35-22-15-10-18(17-23(22)34-4-2)25-24-26(36-31(25)21-8-6-5-7-9-21)28(33)30(27(24)32)20-13-11-19(29)12-14-20/h5-15,17,24-26H,3-4,16H2,1-2H3/t24-,25+,26+/m0/s1. The number of benzene rings is 3. The second-order valence-electron chi connectivity index (χ2n) is 8.63. The Morgan fingerprint density at radius 1 is 0.861 bits per heavy atom. The Bertz CT molecular complexity index is 1250. The lowest BCUT2D eigenvalue weighted by Gasteiger charge is -2.29. The topological polar surface area (TPSA) is 68.3 Å². The van der Waals surface area contributed by atoms with E-state index in [9.17, 15) is 9.59 Å². The predicted molar refractivity (Wildman–Crippen MR) is 140 cm³/mol. The van der Waals surface area contributed by atoms with Crippen LogP contribution in [0.4, 0.5) is 11.4 Å². The molecule has 0 aromatic heterocycles. The summed E-state index contributed by atoms with van der Waals surface area (Å²) < 4.78 is 12.6. The minimum Gasteiger partial charge on any atom is -0.490 e. The summed E-state index contributed by atoms with van der Waals surface area (Å²) in [5.74, 6) is -0.141. The van der Waals surface area contributed by atoms with Crippen molar-refractivity contribution in [1.29, 1.82) is 0 Å². The highest BCUT2D eigenvalue weighted by Gasteiger charge is 2.60. The molecular weight excluding hydrogens is 524 g/mol. The van der Waals surface area contributed by atoms with Crippen LogP contribution in [0.25, 0.3) is 0 Å². The third kappa shape index (κ3) is 4.35. The zero-order valence-electron chi connectivity index (χ0n) is 20.1. The fourth-order valence-corrected chi connectivity index (χ4v) is 4.97. The Hall–Kier alpha value is -3.36. The predicted octanol–water partition coefficient (Wildman–Crippen LogP) is 5.69. The van der Waals surface area contributed by atoms with E-state index in [4.69, 9.17) is 14.3 Å². The molecule has 8 heteroatoms. The first-order valence-electron chi connectivity index (χ1n) is 12.1. The number of hydroxylamine groups is 1. The Balaban J connectivity index is 1.57. The van der Waals surface area contributed by atoms with E-state index in [-0.39, 0.29) is 11.8 Å². The van der Waals surface area contributed by atoms with Gasteiger partial charge in [-0.3, -0.25) is 14.4 Å². The Morgan fingerprint density at radius 3 is 2.31 bits per heavy atom. The van der Waals surface area contributed by atoms with Gasteiger partial charge in [0.1, 0.15) is 5.92 Å². The van der Waals surface area contributed by atoms with Gasteiger partial charge in [-0.1, -0.05) is 47.1 Å². The fourth-order valence-electron chi connectivity index (χ4n) is 4.71. The Morgan fingerprint density at radius 2 is 1.61 bits per heavy atom. The lowest BCUT2D eigenvalue weighted by Crippen LogP contribution is -2.37. The molecule has 0 spiro atoms. The van der Waals surface area contributed by atoms with Crippen molar-refractivity contribution in [1.82, 2.24) is 0 Å². The molecule has 36 heavy (non-hydrogen) atoms. The molecule has 186 valence electrons. The first-order chi connectivity index (χ1) is 17.5. The number of hydrogen-bond donors (Lipinski definition) is 0. The maximum Gasteiger partial charge on any atom is 0.266 e. The largest absolute Gasteiger partial charge is 0.490 e. The fraction of sp³-hybridized carbons (Fsp3) is 0.286. The van der Waals surface area contributed by atoms with E-state index in [0.717, 1.165) is 22.1 Å². The van der Waals surface area contributed by atoms with Crippen molar-refractivity contribution < 1.29 is 23.9 Å². The van der Waals surface area contributed by atoms with Crippen LogP contribution >= 0.6 is 15.9 Å². The van der Waals surface area contributed by atoms with Gasteiger partial charge in [0.25, 0.3) is 5.91 Å². The number of imide groups is 1. The molecule has 2 fully saturated rings. The molecule has 2 amide bonds. The molecule has 2 aliphatic rings. The van der Waals surface area contributed by atoms with Crippen molar-refractivity contribution in [2.75, 3.05) is 23.2 Å². The molecule has 3 atom stereocenters. The summed E-state index contributed by atoms with van der Waals surface area (Å²) in [5.41, 5.74) is 2.09. The lowest BCUT2D eigenvalue weighted by molar-refractivity contribution is -0.126. The van der Waals surface area contributed by atoms with Crippen molar-refractivity contribution in [2.24, 2.45) is 5.92 Å². The van der Waals surface area contributed by atoms with E-state index in [0.29, 0.717) is 30.4 Å². The van der Waals surface area contributed by atoms with Crippen molar-refractivity contribution >= 4 is 39.1 Å². The third-order valence-corrected chi connectivity index (χ3v) is 6.81. The molecule has 0 aliphatic carbocycles. The summed E-state index contributed by atoms with van der Waals surface area (Å²) in [6, 6.07) is 21.8. The molecule has 0 saturated carbocycles. The van der Waals surface area contributed by atoms with E-state index in [1.165, 1.54) is 4.90 Å². The van der Waals surface area contributed by atoms with Gasteiger partial charge < -0.3 is 9.47 Å². The minimum atomic E-state index is -0.932. The van der Waals surface area contributed by atoms with Crippen LogP contribution in [-0.2, 0) is 14.4 Å². The van der Waals surface area contributed by atoms with Crippen LogP contribution in [0.1, 0.15) is 31.9 Å². The van der Waals surface area contributed by atoms with Crippen molar-refractivity contribution in [3.63, 3.8) is 0 Å². The molecule has 0 bridgehead atoms. The van der Waals surface area contributed by atoms with E-state index in [1.807, 2.05) is 74.5 Å². The van der Waals surface area contributed by atoms with Crippen LogP contribution in [0.15, 0.2) is 77.3 Å². The van der Waals surface area contributed by atoms with Crippen molar-refractivity contribution in [2.45, 2.75) is 32.4 Å². The maximum absolute atomic E-state index is 13.8. The number of para-hydroxylation sites is 1. The number of rotatable bonds is 8. The van der Waals surface area contributed by atoms with Gasteiger partial charge >= 0.3 is 0 Å². The SMILES string of the molecule is CCCOc1ccc([C@@H]2[C@@H]3C(=O)N(c4ccc(Br)cc4)C(=O)[C@@H]3ON2c2ccccc2)cc1OCC. The van der Waals surface area contributed by atoms with Gasteiger partial charge in [0.05, 0.1) is 30.6 Å². The number of ether oxygens (including phenoxy) is 2. The Labute approximate surface area is 218 Å². The van der Waals surface area contributed by atoms with Crippen LogP contribution in [0, 0.1) is 5.92 Å². The van der Waals surface area contributed by atoms with Crippen LogP contribution < -0.4 is 19.4 Å². The molecule has 0 N–H and O–H groups in total. The molecule has 2 heterocycles. The number of carbonyl (C=O) groups is 2. The number of carbonyl (C=O) groups excluding carboxylic acids is 2. The lowest BCUT2D eigenvalue weighted by atomic mass is 9.90. The summed E-state index contributed by atoms with van der Waals surface area (Å²) >= 11 is 3.41. The summed E-state index contributed by atoms with van der Waals surface area (Å²) in [6.07, 6.45) is -0.0596. The summed E-state index contributed by atoms with van der Waals surface area (Å²) in [4.78, 5) is 34.7. The minimum absolute atomic E-state index is 0.292. The number of nitrogens with zero attached hydrogens (tertiary/aromatic N) is 2. The van der Waals surface area contributed by atoms with Gasteiger partial charge in [-0.25, -0.2) is 9.96 Å².